The highest BCUT2D eigenvalue weighted by Crippen LogP contribution is 2.61. The summed E-state index contributed by atoms with van der Waals surface area (Å²) in [5, 5.41) is 0. The third kappa shape index (κ3) is 1.92. The van der Waals surface area contributed by atoms with Crippen LogP contribution in [0.15, 0.2) is 71.3 Å². The molecule has 2 heterocycles. The van der Waals surface area contributed by atoms with E-state index in [0.29, 0.717) is 5.82 Å². The maximum absolute atomic E-state index is 13.5. The lowest BCUT2D eigenvalue weighted by Crippen LogP contribution is -2.41. The van der Waals surface area contributed by atoms with Gasteiger partial charge in [-0.05, 0) is 50.3 Å². The summed E-state index contributed by atoms with van der Waals surface area (Å²) in [6.45, 7) is 0. The van der Waals surface area contributed by atoms with Crippen LogP contribution < -0.4 is 4.90 Å². The third-order valence-electron chi connectivity index (χ3n) is 6.39. The highest BCUT2D eigenvalue weighted by Gasteiger charge is 2.61. The maximum atomic E-state index is 13.5. The molecular weight excluding hydrogens is 416 g/mol. The molecule has 4 aliphatic rings. The molecule has 2 amide bonds. The van der Waals surface area contributed by atoms with Gasteiger partial charge < -0.3 is 0 Å². The normalized spacial score (nSPS) is 26.8. The Morgan fingerprint density at radius 2 is 1.18 bits per heavy atom. The molecule has 5 heteroatoms. The van der Waals surface area contributed by atoms with Crippen LogP contribution in [0.3, 0.4) is 0 Å². The molecular formula is C23H15BrN2O2. The van der Waals surface area contributed by atoms with Crippen LogP contribution >= 0.6 is 15.9 Å². The third-order valence-corrected chi connectivity index (χ3v) is 6.86. The average Bonchev–Trinajstić information content (AvgIpc) is 3.00. The molecule has 1 saturated heterocycles. The number of carbonyl (C=O) groups excluding carboxylic acids is 2. The number of carbonyl (C=O) groups is 2. The van der Waals surface area contributed by atoms with Crippen molar-refractivity contribution in [3.05, 3.63) is 93.6 Å². The minimum atomic E-state index is -0.368. The van der Waals surface area contributed by atoms with Crippen molar-refractivity contribution in [1.29, 1.82) is 0 Å². The van der Waals surface area contributed by atoms with Crippen molar-refractivity contribution >= 4 is 33.6 Å². The molecule has 3 aromatic rings. The molecule has 7 rings (SSSR count). The SMILES string of the molecule is O=C1C2C3c4ccccc4C(c4ccccc43)[C@@H]2C(=O)N1c1ccc(Br)cn1. The van der Waals surface area contributed by atoms with Gasteiger partial charge in [0.1, 0.15) is 5.82 Å². The number of amides is 2. The molecule has 3 aliphatic carbocycles. The van der Waals surface area contributed by atoms with Gasteiger partial charge in [-0.3, -0.25) is 9.59 Å². The van der Waals surface area contributed by atoms with Gasteiger partial charge >= 0.3 is 0 Å². The summed E-state index contributed by atoms with van der Waals surface area (Å²) in [6.07, 6.45) is 1.62. The highest BCUT2D eigenvalue weighted by atomic mass is 79.9. The van der Waals surface area contributed by atoms with Crippen molar-refractivity contribution in [1.82, 2.24) is 4.98 Å². The number of hydrogen-bond acceptors (Lipinski definition) is 3. The van der Waals surface area contributed by atoms with Gasteiger partial charge in [0, 0.05) is 22.5 Å². The highest BCUT2D eigenvalue weighted by molar-refractivity contribution is 9.10. The quantitative estimate of drug-likeness (QED) is 0.542. The molecule has 1 aliphatic heterocycles. The first kappa shape index (κ1) is 16.2. The lowest BCUT2D eigenvalue weighted by Gasteiger charge is -2.45. The number of pyridine rings is 1. The number of aromatic nitrogens is 1. The van der Waals surface area contributed by atoms with E-state index in [1.54, 1.807) is 12.3 Å². The molecule has 0 saturated carbocycles. The van der Waals surface area contributed by atoms with Crippen molar-refractivity contribution in [2.24, 2.45) is 11.8 Å². The Morgan fingerprint density at radius 3 is 1.57 bits per heavy atom. The molecule has 2 aromatic carbocycles. The van der Waals surface area contributed by atoms with Gasteiger partial charge in [0.15, 0.2) is 0 Å². The number of halogens is 1. The summed E-state index contributed by atoms with van der Waals surface area (Å²) in [4.78, 5) is 32.6. The Balaban J connectivity index is 1.57. The topological polar surface area (TPSA) is 50.3 Å². The number of hydrogen-bond donors (Lipinski definition) is 0. The predicted octanol–water partition coefficient (Wildman–Crippen LogP) is 4.24. The van der Waals surface area contributed by atoms with Gasteiger partial charge in [-0.2, -0.15) is 0 Å². The molecule has 0 N–H and O–H groups in total. The van der Waals surface area contributed by atoms with E-state index in [1.807, 2.05) is 30.3 Å². The second-order valence-corrected chi connectivity index (χ2v) is 8.53. The number of imide groups is 1. The van der Waals surface area contributed by atoms with Crippen molar-refractivity contribution in [2.45, 2.75) is 11.8 Å². The van der Waals surface area contributed by atoms with Crippen molar-refractivity contribution in [2.75, 3.05) is 4.90 Å². The van der Waals surface area contributed by atoms with Gasteiger partial charge in [0.05, 0.1) is 11.8 Å². The Kier molecular flexibility index (Phi) is 3.24. The summed E-state index contributed by atoms with van der Waals surface area (Å²) < 4.78 is 0.813. The summed E-state index contributed by atoms with van der Waals surface area (Å²) in [5.74, 6) is -0.771. The minimum absolute atomic E-state index is 0.0840. The van der Waals surface area contributed by atoms with Gasteiger partial charge in [-0.15, -0.1) is 0 Å². The van der Waals surface area contributed by atoms with Crippen LogP contribution in [0.5, 0.6) is 0 Å². The Labute approximate surface area is 170 Å². The molecule has 1 aromatic heterocycles. The summed E-state index contributed by atoms with van der Waals surface area (Å²) in [7, 11) is 0. The van der Waals surface area contributed by atoms with Crippen molar-refractivity contribution in [3.63, 3.8) is 0 Å². The molecule has 1 fully saturated rings. The van der Waals surface area contributed by atoms with Gasteiger partial charge in [-0.1, -0.05) is 48.5 Å². The zero-order valence-electron chi connectivity index (χ0n) is 14.7. The van der Waals surface area contributed by atoms with Gasteiger partial charge in [0.2, 0.25) is 11.8 Å². The zero-order chi connectivity index (χ0) is 19.0. The Bertz CT molecular complexity index is 1040. The molecule has 28 heavy (non-hydrogen) atoms. The van der Waals surface area contributed by atoms with Crippen LogP contribution in [0.25, 0.3) is 0 Å². The molecule has 0 spiro atoms. The lowest BCUT2D eigenvalue weighted by molar-refractivity contribution is -0.122. The number of rotatable bonds is 1. The monoisotopic (exact) mass is 430 g/mol. The summed E-state index contributed by atoms with van der Waals surface area (Å²) >= 11 is 3.36. The second kappa shape index (κ2) is 5.61. The Hall–Kier alpha value is -2.79. The minimum Gasteiger partial charge on any atom is -0.274 e. The zero-order valence-corrected chi connectivity index (χ0v) is 16.3. The molecule has 1 unspecified atom stereocenters. The maximum Gasteiger partial charge on any atom is 0.239 e. The molecule has 2 atom stereocenters. The van der Waals surface area contributed by atoms with Crippen LogP contribution in [-0.4, -0.2) is 16.8 Å². The van der Waals surface area contributed by atoms with E-state index >= 15 is 0 Å². The van der Waals surface area contributed by atoms with Crippen LogP contribution in [0.2, 0.25) is 0 Å². The van der Waals surface area contributed by atoms with Crippen LogP contribution in [0, 0.1) is 11.8 Å². The number of benzene rings is 2. The van der Waals surface area contributed by atoms with Crippen LogP contribution in [-0.2, 0) is 9.59 Å². The van der Waals surface area contributed by atoms with E-state index in [9.17, 15) is 9.59 Å². The summed E-state index contributed by atoms with van der Waals surface area (Å²) in [5.41, 5.74) is 4.72. The van der Waals surface area contributed by atoms with E-state index in [0.717, 1.165) is 4.47 Å². The van der Waals surface area contributed by atoms with E-state index in [2.05, 4.69) is 45.2 Å². The first-order valence-corrected chi connectivity index (χ1v) is 10.1. The number of anilines is 1. The van der Waals surface area contributed by atoms with E-state index < -0.39 is 0 Å². The van der Waals surface area contributed by atoms with Crippen LogP contribution in [0.4, 0.5) is 5.82 Å². The Morgan fingerprint density at radius 1 is 0.714 bits per heavy atom. The molecule has 0 radical (unpaired) electrons. The smallest absolute Gasteiger partial charge is 0.239 e. The fourth-order valence-electron chi connectivity index (χ4n) is 5.40. The van der Waals surface area contributed by atoms with E-state index in [4.69, 9.17) is 0 Å². The molecule has 136 valence electrons. The van der Waals surface area contributed by atoms with E-state index in [-0.39, 0.29) is 35.5 Å². The molecule has 4 nitrogen and oxygen atoms in total. The van der Waals surface area contributed by atoms with Gasteiger partial charge in [-0.25, -0.2) is 9.88 Å². The largest absolute Gasteiger partial charge is 0.274 e. The standard InChI is InChI=1S/C23H15BrN2O2/c24-12-9-10-17(25-11-12)26-22(27)20-18-13-5-1-2-6-14(13)19(21(20)23(26)28)16-8-4-3-7-15(16)18/h1-11,18-21H/t18?,19?,20-,21?/m0/s1. The van der Waals surface area contributed by atoms with Gasteiger partial charge in [0.25, 0.3) is 0 Å². The first-order chi connectivity index (χ1) is 13.7. The predicted molar refractivity (Wildman–Crippen MR) is 108 cm³/mol. The van der Waals surface area contributed by atoms with Crippen molar-refractivity contribution in [3.8, 4) is 0 Å². The molecule has 2 bridgehead atoms. The fraction of sp³-hybridized carbons (Fsp3) is 0.174. The average molecular weight is 431 g/mol. The lowest BCUT2D eigenvalue weighted by atomic mass is 9.55. The number of nitrogens with zero attached hydrogens (tertiary/aromatic N) is 2. The fourth-order valence-corrected chi connectivity index (χ4v) is 5.64. The van der Waals surface area contributed by atoms with Crippen molar-refractivity contribution < 1.29 is 9.59 Å². The van der Waals surface area contributed by atoms with E-state index in [1.165, 1.54) is 27.2 Å². The second-order valence-electron chi connectivity index (χ2n) is 7.61. The summed E-state index contributed by atoms with van der Waals surface area (Å²) in [6, 6.07) is 20.0. The van der Waals surface area contributed by atoms with Crippen LogP contribution in [0.1, 0.15) is 34.1 Å². The first-order valence-electron chi connectivity index (χ1n) is 9.34.